The lowest BCUT2D eigenvalue weighted by Crippen LogP contribution is -2.39. The van der Waals surface area contributed by atoms with Gasteiger partial charge in [0.1, 0.15) is 0 Å². The van der Waals surface area contributed by atoms with Crippen molar-refractivity contribution >= 4 is 23.6 Å². The molecule has 0 spiro atoms. The van der Waals surface area contributed by atoms with Crippen LogP contribution in [0.25, 0.3) is 0 Å². The van der Waals surface area contributed by atoms with Crippen molar-refractivity contribution < 1.29 is 14.3 Å². The van der Waals surface area contributed by atoms with E-state index in [9.17, 15) is 9.59 Å². The second kappa shape index (κ2) is 6.67. The van der Waals surface area contributed by atoms with Crippen LogP contribution in [0.15, 0.2) is 29.2 Å². The topological polar surface area (TPSA) is 46.6 Å². The van der Waals surface area contributed by atoms with Crippen LogP contribution in [0.5, 0.6) is 0 Å². The van der Waals surface area contributed by atoms with Crippen LogP contribution in [0.1, 0.15) is 50.4 Å². The number of nitrogens with zero attached hydrogens (tertiary/aromatic N) is 1. The summed E-state index contributed by atoms with van der Waals surface area (Å²) >= 11 is 1.50. The van der Waals surface area contributed by atoms with E-state index in [0.717, 1.165) is 30.7 Å². The Balaban J connectivity index is 1.63. The van der Waals surface area contributed by atoms with Crippen molar-refractivity contribution in [1.82, 2.24) is 4.90 Å². The zero-order valence-electron chi connectivity index (χ0n) is 15.5. The number of fused-ring (bicyclic) bond motifs is 2. The van der Waals surface area contributed by atoms with Crippen molar-refractivity contribution in [3.8, 4) is 0 Å². The molecule has 2 aliphatic rings. The fourth-order valence-electron chi connectivity index (χ4n) is 4.85. The van der Waals surface area contributed by atoms with Crippen molar-refractivity contribution in [3.05, 3.63) is 29.8 Å². The summed E-state index contributed by atoms with van der Waals surface area (Å²) in [5.74, 6) is -0.492. The minimum atomic E-state index is -0.424. The molecule has 1 amide bonds. The standard InChI is InChI=1S/C20H27NO3S/c1-19(2)9-14-10-20(3,12-19)13-21(14)17(22)11-24-18(23)15-7-5-6-8-16(15)25-4/h5-8,14H,9-13H2,1-4H3. The van der Waals surface area contributed by atoms with Gasteiger partial charge in [0.2, 0.25) is 0 Å². The summed E-state index contributed by atoms with van der Waals surface area (Å²) in [4.78, 5) is 27.8. The molecule has 2 bridgehead atoms. The number of carbonyl (C=O) groups is 2. The molecule has 4 nitrogen and oxygen atoms in total. The fourth-order valence-corrected chi connectivity index (χ4v) is 5.44. The molecule has 25 heavy (non-hydrogen) atoms. The summed E-state index contributed by atoms with van der Waals surface area (Å²) in [5.41, 5.74) is 0.981. The lowest BCUT2D eigenvalue weighted by atomic mass is 9.65. The highest BCUT2D eigenvalue weighted by Crippen LogP contribution is 2.52. The molecule has 1 aliphatic carbocycles. The van der Waals surface area contributed by atoms with Gasteiger partial charge >= 0.3 is 5.97 Å². The minimum Gasteiger partial charge on any atom is -0.452 e. The molecule has 1 aromatic rings. The molecule has 1 heterocycles. The summed E-state index contributed by atoms with van der Waals surface area (Å²) in [6.07, 6.45) is 5.15. The van der Waals surface area contributed by atoms with E-state index in [1.54, 1.807) is 6.07 Å². The van der Waals surface area contributed by atoms with E-state index >= 15 is 0 Å². The monoisotopic (exact) mass is 361 g/mol. The van der Waals surface area contributed by atoms with E-state index in [4.69, 9.17) is 4.74 Å². The van der Waals surface area contributed by atoms with E-state index in [2.05, 4.69) is 20.8 Å². The second-order valence-electron chi connectivity index (χ2n) is 8.51. The molecular formula is C20H27NO3S. The molecule has 5 heteroatoms. The summed E-state index contributed by atoms with van der Waals surface area (Å²) in [5, 5.41) is 0. The maximum absolute atomic E-state index is 12.7. The molecule has 2 unspecified atom stereocenters. The largest absolute Gasteiger partial charge is 0.452 e. The third-order valence-electron chi connectivity index (χ3n) is 5.39. The van der Waals surface area contributed by atoms with E-state index in [1.165, 1.54) is 11.8 Å². The lowest BCUT2D eigenvalue weighted by Gasteiger charge is -2.39. The highest BCUT2D eigenvalue weighted by atomic mass is 32.2. The van der Waals surface area contributed by atoms with Crippen LogP contribution in [0.2, 0.25) is 0 Å². The first-order chi connectivity index (χ1) is 11.7. The third-order valence-corrected chi connectivity index (χ3v) is 6.18. The number of hydrogen-bond donors (Lipinski definition) is 0. The normalized spacial score (nSPS) is 27.2. The fraction of sp³-hybridized carbons (Fsp3) is 0.600. The van der Waals surface area contributed by atoms with Gasteiger partial charge in [-0.25, -0.2) is 4.79 Å². The molecule has 1 saturated carbocycles. The number of hydrogen-bond acceptors (Lipinski definition) is 4. The smallest absolute Gasteiger partial charge is 0.339 e. The van der Waals surface area contributed by atoms with Crippen LogP contribution in [0.4, 0.5) is 0 Å². The Morgan fingerprint density at radius 3 is 2.68 bits per heavy atom. The highest BCUT2D eigenvalue weighted by Gasteiger charge is 2.50. The van der Waals surface area contributed by atoms with E-state index in [-0.39, 0.29) is 29.4 Å². The molecule has 2 atom stereocenters. The summed E-state index contributed by atoms with van der Waals surface area (Å²) < 4.78 is 5.33. The Kier molecular flexibility index (Phi) is 4.89. The van der Waals surface area contributed by atoms with Gasteiger partial charge in [-0.15, -0.1) is 11.8 Å². The molecular weight excluding hydrogens is 334 g/mol. The van der Waals surface area contributed by atoms with Crippen LogP contribution < -0.4 is 0 Å². The number of esters is 1. The molecule has 2 fully saturated rings. The summed E-state index contributed by atoms with van der Waals surface area (Å²) in [7, 11) is 0. The van der Waals surface area contributed by atoms with Gasteiger partial charge < -0.3 is 9.64 Å². The van der Waals surface area contributed by atoms with Gasteiger partial charge in [-0.1, -0.05) is 32.9 Å². The number of carbonyl (C=O) groups excluding carboxylic acids is 2. The van der Waals surface area contributed by atoms with Crippen LogP contribution in [-0.2, 0) is 9.53 Å². The van der Waals surface area contributed by atoms with Gasteiger partial charge in [-0.05, 0) is 48.5 Å². The van der Waals surface area contributed by atoms with Crippen LogP contribution in [0, 0.1) is 10.8 Å². The Hall–Kier alpha value is -1.49. The van der Waals surface area contributed by atoms with Crippen molar-refractivity contribution in [2.75, 3.05) is 19.4 Å². The Morgan fingerprint density at radius 2 is 1.96 bits per heavy atom. The molecule has 1 aromatic carbocycles. The van der Waals surface area contributed by atoms with E-state index in [1.807, 2.05) is 29.4 Å². The minimum absolute atomic E-state index is 0.0681. The molecule has 3 rings (SSSR count). The first-order valence-electron chi connectivity index (χ1n) is 8.83. The van der Waals surface area contributed by atoms with E-state index in [0.29, 0.717) is 5.56 Å². The lowest BCUT2D eigenvalue weighted by molar-refractivity contribution is -0.135. The Labute approximate surface area is 154 Å². The van der Waals surface area contributed by atoms with Gasteiger partial charge in [0.25, 0.3) is 5.91 Å². The molecule has 0 N–H and O–H groups in total. The van der Waals surface area contributed by atoms with Crippen molar-refractivity contribution in [1.29, 1.82) is 0 Å². The maximum atomic E-state index is 12.7. The van der Waals surface area contributed by atoms with Crippen LogP contribution in [0.3, 0.4) is 0 Å². The third kappa shape index (κ3) is 3.86. The van der Waals surface area contributed by atoms with Crippen LogP contribution >= 0.6 is 11.8 Å². The van der Waals surface area contributed by atoms with Gasteiger partial charge in [-0.3, -0.25) is 4.79 Å². The number of rotatable bonds is 4. The Morgan fingerprint density at radius 1 is 1.24 bits per heavy atom. The molecule has 0 aromatic heterocycles. The average molecular weight is 362 g/mol. The average Bonchev–Trinajstić information content (AvgIpc) is 2.81. The number of thioether (sulfide) groups is 1. The number of ether oxygens (including phenoxy) is 1. The number of benzene rings is 1. The van der Waals surface area contributed by atoms with E-state index < -0.39 is 5.97 Å². The summed E-state index contributed by atoms with van der Waals surface area (Å²) in [6, 6.07) is 7.60. The van der Waals surface area contributed by atoms with Gasteiger partial charge in [0, 0.05) is 17.5 Å². The van der Waals surface area contributed by atoms with Crippen molar-refractivity contribution in [3.63, 3.8) is 0 Å². The predicted octanol–water partition coefficient (Wildman–Crippen LogP) is 3.99. The summed E-state index contributed by atoms with van der Waals surface area (Å²) in [6.45, 7) is 7.44. The van der Waals surface area contributed by atoms with Gasteiger partial charge in [0.15, 0.2) is 6.61 Å². The molecule has 0 radical (unpaired) electrons. The quantitative estimate of drug-likeness (QED) is 0.601. The van der Waals surface area contributed by atoms with Gasteiger partial charge in [-0.2, -0.15) is 0 Å². The first kappa shape index (κ1) is 18.3. The highest BCUT2D eigenvalue weighted by molar-refractivity contribution is 7.98. The molecule has 1 saturated heterocycles. The van der Waals surface area contributed by atoms with Crippen LogP contribution in [-0.4, -0.2) is 42.2 Å². The van der Waals surface area contributed by atoms with Crippen molar-refractivity contribution in [2.45, 2.75) is 51.0 Å². The SMILES string of the molecule is CSc1ccccc1C(=O)OCC(=O)N1CC2(C)CC1CC(C)(C)C2. The maximum Gasteiger partial charge on any atom is 0.339 e. The second-order valence-corrected chi connectivity index (χ2v) is 9.36. The zero-order valence-corrected chi connectivity index (χ0v) is 16.3. The molecule has 136 valence electrons. The first-order valence-corrected chi connectivity index (χ1v) is 10.1. The Bertz CT molecular complexity index is 687. The van der Waals surface area contributed by atoms with Gasteiger partial charge in [0.05, 0.1) is 5.56 Å². The number of amides is 1. The molecule has 1 aliphatic heterocycles. The predicted molar refractivity (Wildman–Crippen MR) is 99.7 cm³/mol. The van der Waals surface area contributed by atoms with Crippen molar-refractivity contribution in [2.24, 2.45) is 10.8 Å². The number of likely N-dealkylation sites (tertiary alicyclic amines) is 1. The zero-order chi connectivity index (χ0) is 18.2.